The zero-order valence-electron chi connectivity index (χ0n) is 16.9. The van der Waals surface area contributed by atoms with Gasteiger partial charge in [-0.1, -0.05) is 30.3 Å². The quantitative estimate of drug-likeness (QED) is 0.782. The van der Waals surface area contributed by atoms with E-state index in [4.69, 9.17) is 4.74 Å². The number of carbonyl (C=O) groups excluding carboxylic acids is 2. The van der Waals surface area contributed by atoms with Crippen molar-refractivity contribution in [2.45, 2.75) is 25.7 Å². The van der Waals surface area contributed by atoms with Crippen molar-refractivity contribution < 1.29 is 14.3 Å². The van der Waals surface area contributed by atoms with Crippen molar-refractivity contribution in [3.05, 3.63) is 60.2 Å². The van der Waals surface area contributed by atoms with E-state index < -0.39 is 0 Å². The summed E-state index contributed by atoms with van der Waals surface area (Å²) in [5.74, 6) is 1.30. The number of hydrogen-bond acceptors (Lipinski definition) is 3. The number of rotatable bonds is 5. The third-order valence-electron chi connectivity index (χ3n) is 6.15. The fraction of sp³-hybridized carbons (Fsp3) is 0.417. The van der Waals surface area contributed by atoms with E-state index in [1.165, 1.54) is 5.56 Å². The zero-order valence-corrected chi connectivity index (χ0v) is 16.9. The first-order chi connectivity index (χ1) is 14.1. The Morgan fingerprint density at radius 3 is 2.38 bits per heavy atom. The molecule has 4 rings (SSSR count). The Labute approximate surface area is 172 Å². The van der Waals surface area contributed by atoms with Crippen molar-refractivity contribution in [2.75, 3.05) is 31.6 Å². The van der Waals surface area contributed by atoms with E-state index in [9.17, 15) is 9.59 Å². The Balaban J connectivity index is 1.31. The normalized spacial score (nSPS) is 20.2. The second kappa shape index (κ2) is 8.68. The molecule has 5 nitrogen and oxygen atoms in total. The number of likely N-dealkylation sites (tertiary alicyclic amines) is 1. The van der Waals surface area contributed by atoms with E-state index in [0.29, 0.717) is 18.9 Å². The summed E-state index contributed by atoms with van der Waals surface area (Å²) < 4.78 is 5.18. The molecule has 2 heterocycles. The molecule has 2 saturated heterocycles. The Morgan fingerprint density at radius 1 is 1.03 bits per heavy atom. The van der Waals surface area contributed by atoms with Gasteiger partial charge in [0.25, 0.3) is 0 Å². The van der Waals surface area contributed by atoms with Crippen LogP contribution in [-0.2, 0) is 16.0 Å². The smallest absolute Gasteiger partial charge is 0.228 e. The predicted molar refractivity (Wildman–Crippen MR) is 113 cm³/mol. The highest BCUT2D eigenvalue weighted by atomic mass is 16.5. The van der Waals surface area contributed by atoms with Gasteiger partial charge in [-0.15, -0.1) is 0 Å². The molecule has 2 aromatic rings. The van der Waals surface area contributed by atoms with Gasteiger partial charge in [0.1, 0.15) is 5.75 Å². The molecule has 0 aliphatic carbocycles. The minimum atomic E-state index is -0.240. The first-order valence-corrected chi connectivity index (χ1v) is 10.4. The van der Waals surface area contributed by atoms with Crippen LogP contribution in [0.2, 0.25) is 0 Å². The van der Waals surface area contributed by atoms with Gasteiger partial charge in [-0.3, -0.25) is 9.59 Å². The van der Waals surface area contributed by atoms with Gasteiger partial charge in [-0.05, 0) is 55.0 Å². The van der Waals surface area contributed by atoms with Crippen LogP contribution in [0, 0.1) is 11.8 Å². The van der Waals surface area contributed by atoms with Gasteiger partial charge in [0.15, 0.2) is 0 Å². The lowest BCUT2D eigenvalue weighted by molar-refractivity contribution is -0.137. The molecule has 2 aromatic carbocycles. The minimum absolute atomic E-state index is 0.0208. The van der Waals surface area contributed by atoms with Crippen LogP contribution in [0.4, 0.5) is 5.69 Å². The number of methoxy groups -OCH3 is 1. The predicted octanol–water partition coefficient (Wildman–Crippen LogP) is 3.53. The molecule has 2 aliphatic heterocycles. The Morgan fingerprint density at radius 2 is 1.72 bits per heavy atom. The number of anilines is 1. The largest absolute Gasteiger partial charge is 0.497 e. The highest BCUT2D eigenvalue weighted by molar-refractivity contribution is 6.00. The summed E-state index contributed by atoms with van der Waals surface area (Å²) in [5, 5.41) is 0. The van der Waals surface area contributed by atoms with E-state index >= 15 is 0 Å². The number of piperidine rings is 1. The molecule has 5 heteroatoms. The Hall–Kier alpha value is -2.82. The van der Waals surface area contributed by atoms with Gasteiger partial charge in [0.05, 0.1) is 13.0 Å². The lowest BCUT2D eigenvalue weighted by Crippen LogP contribution is -2.42. The number of benzene rings is 2. The highest BCUT2D eigenvalue weighted by Crippen LogP contribution is 2.29. The number of nitrogens with zero attached hydrogens (tertiary/aromatic N) is 2. The molecule has 2 fully saturated rings. The lowest BCUT2D eigenvalue weighted by Gasteiger charge is -2.33. The van der Waals surface area contributed by atoms with Crippen LogP contribution in [0.5, 0.6) is 5.75 Å². The van der Waals surface area contributed by atoms with E-state index in [2.05, 4.69) is 24.3 Å². The first kappa shape index (κ1) is 19.5. The van der Waals surface area contributed by atoms with Gasteiger partial charge in [0.2, 0.25) is 11.8 Å². The van der Waals surface area contributed by atoms with Crippen LogP contribution in [0.1, 0.15) is 24.8 Å². The molecule has 2 aliphatic rings. The topological polar surface area (TPSA) is 49.9 Å². The number of ether oxygens (including phenoxy) is 1. The third-order valence-corrected chi connectivity index (χ3v) is 6.15. The molecule has 0 N–H and O–H groups in total. The minimum Gasteiger partial charge on any atom is -0.497 e. The summed E-state index contributed by atoms with van der Waals surface area (Å²) >= 11 is 0. The molecule has 0 radical (unpaired) electrons. The molecule has 0 unspecified atom stereocenters. The second-order valence-electron chi connectivity index (χ2n) is 8.06. The molecule has 2 amide bonds. The molecule has 29 heavy (non-hydrogen) atoms. The molecule has 0 aromatic heterocycles. The maximum absolute atomic E-state index is 13.0. The second-order valence-corrected chi connectivity index (χ2v) is 8.06. The number of hydrogen-bond donors (Lipinski definition) is 0. The summed E-state index contributed by atoms with van der Waals surface area (Å²) in [6, 6.07) is 18.0. The van der Waals surface area contributed by atoms with Crippen LogP contribution < -0.4 is 9.64 Å². The van der Waals surface area contributed by atoms with Crippen LogP contribution >= 0.6 is 0 Å². The maximum Gasteiger partial charge on any atom is 0.228 e. The van der Waals surface area contributed by atoms with E-state index in [1.54, 1.807) is 12.0 Å². The Kier molecular flexibility index (Phi) is 5.84. The van der Waals surface area contributed by atoms with Gasteiger partial charge < -0.3 is 14.5 Å². The zero-order chi connectivity index (χ0) is 20.2. The van der Waals surface area contributed by atoms with Crippen LogP contribution in [0.15, 0.2) is 54.6 Å². The SMILES string of the molecule is COc1ccc(N2C[C@@H](C(=O)N3CCC(Cc4ccccc4)CC3)CC2=O)cc1. The fourth-order valence-corrected chi connectivity index (χ4v) is 4.45. The summed E-state index contributed by atoms with van der Waals surface area (Å²) in [4.78, 5) is 29.2. The van der Waals surface area contributed by atoms with Crippen molar-refractivity contribution in [3.8, 4) is 5.75 Å². The van der Waals surface area contributed by atoms with Crippen LogP contribution in [0.25, 0.3) is 0 Å². The summed E-state index contributed by atoms with van der Waals surface area (Å²) in [5.41, 5.74) is 2.20. The maximum atomic E-state index is 13.0. The Bertz CT molecular complexity index is 842. The first-order valence-electron chi connectivity index (χ1n) is 10.4. The molecule has 0 saturated carbocycles. The average Bonchev–Trinajstić information content (AvgIpc) is 3.16. The van der Waals surface area contributed by atoms with Gasteiger partial charge in [-0.25, -0.2) is 0 Å². The summed E-state index contributed by atoms with van der Waals surface area (Å²) in [7, 11) is 1.62. The lowest BCUT2D eigenvalue weighted by atomic mass is 9.89. The number of carbonyl (C=O) groups is 2. The van der Waals surface area contributed by atoms with E-state index in [1.807, 2.05) is 35.2 Å². The molecule has 152 valence electrons. The van der Waals surface area contributed by atoms with Crippen molar-refractivity contribution in [2.24, 2.45) is 11.8 Å². The van der Waals surface area contributed by atoms with Crippen molar-refractivity contribution in [1.82, 2.24) is 4.90 Å². The van der Waals surface area contributed by atoms with Gasteiger partial charge in [0, 0.05) is 31.7 Å². The van der Waals surface area contributed by atoms with Crippen molar-refractivity contribution in [3.63, 3.8) is 0 Å². The monoisotopic (exact) mass is 392 g/mol. The van der Waals surface area contributed by atoms with E-state index in [0.717, 1.165) is 43.8 Å². The number of amides is 2. The molecular formula is C24H28N2O3. The average molecular weight is 392 g/mol. The fourth-order valence-electron chi connectivity index (χ4n) is 4.45. The molecule has 0 bridgehead atoms. The molecule has 1 atom stereocenters. The van der Waals surface area contributed by atoms with Gasteiger partial charge in [-0.2, -0.15) is 0 Å². The van der Waals surface area contributed by atoms with Crippen molar-refractivity contribution >= 4 is 17.5 Å². The van der Waals surface area contributed by atoms with Gasteiger partial charge >= 0.3 is 0 Å². The third kappa shape index (κ3) is 4.44. The van der Waals surface area contributed by atoms with E-state index in [-0.39, 0.29) is 17.7 Å². The molecule has 0 spiro atoms. The van der Waals surface area contributed by atoms with Crippen LogP contribution in [0.3, 0.4) is 0 Å². The summed E-state index contributed by atoms with van der Waals surface area (Å²) in [6.07, 6.45) is 3.44. The highest BCUT2D eigenvalue weighted by Gasteiger charge is 2.38. The molecular weight excluding hydrogens is 364 g/mol. The van der Waals surface area contributed by atoms with Crippen LogP contribution in [-0.4, -0.2) is 43.5 Å². The van der Waals surface area contributed by atoms with Crippen molar-refractivity contribution in [1.29, 1.82) is 0 Å². The standard InChI is InChI=1S/C24H28N2O3/c1-29-22-9-7-21(8-10-22)26-17-20(16-23(26)27)24(28)25-13-11-19(12-14-25)15-18-5-3-2-4-6-18/h2-10,19-20H,11-17H2,1H3/t20-/m0/s1. The summed E-state index contributed by atoms with van der Waals surface area (Å²) in [6.45, 7) is 2.06.